The number of hydrogen-bond acceptors (Lipinski definition) is 3. The maximum atomic E-state index is 5.57. The van der Waals surface area contributed by atoms with Crippen molar-refractivity contribution < 1.29 is 4.74 Å². The Morgan fingerprint density at radius 3 is 3.06 bits per heavy atom. The average molecular weight is 219 g/mol. The lowest BCUT2D eigenvalue weighted by Gasteiger charge is -2.00. The highest BCUT2D eigenvalue weighted by molar-refractivity contribution is 5.40. The van der Waals surface area contributed by atoms with Crippen molar-refractivity contribution in [1.82, 2.24) is 14.6 Å². The summed E-state index contributed by atoms with van der Waals surface area (Å²) < 4.78 is 7.29. The molecule has 0 saturated heterocycles. The molecule has 0 radical (unpaired) electrons. The van der Waals surface area contributed by atoms with Crippen molar-refractivity contribution in [2.24, 2.45) is 0 Å². The number of nitrogens with zero attached hydrogens (tertiary/aromatic N) is 3. The van der Waals surface area contributed by atoms with Crippen LogP contribution in [0.2, 0.25) is 0 Å². The quantitative estimate of drug-likeness (QED) is 0.701. The molecule has 16 heavy (non-hydrogen) atoms. The SMILES string of the molecule is CCCCCCOc1cc2ncccn2n1. The van der Waals surface area contributed by atoms with E-state index in [9.17, 15) is 0 Å². The minimum Gasteiger partial charge on any atom is -0.477 e. The monoisotopic (exact) mass is 219 g/mol. The molecule has 0 fully saturated rings. The molecule has 0 amide bonds. The van der Waals surface area contributed by atoms with Gasteiger partial charge in [-0.1, -0.05) is 26.2 Å². The minimum absolute atomic E-state index is 0.662. The molecule has 2 heterocycles. The van der Waals surface area contributed by atoms with E-state index >= 15 is 0 Å². The smallest absolute Gasteiger partial charge is 0.235 e. The number of fused-ring (bicyclic) bond motifs is 1. The maximum absolute atomic E-state index is 5.57. The lowest BCUT2D eigenvalue weighted by Crippen LogP contribution is -1.97. The standard InChI is InChI=1S/C12H17N3O/c1-2-3-4-5-9-16-12-10-11-13-7-6-8-15(11)14-12/h6-8,10H,2-5,9H2,1H3. The molecule has 0 atom stereocenters. The third-order valence-corrected chi connectivity index (χ3v) is 2.46. The zero-order valence-corrected chi connectivity index (χ0v) is 9.59. The molecule has 4 heteroatoms. The molecule has 0 aliphatic carbocycles. The van der Waals surface area contributed by atoms with Crippen LogP contribution >= 0.6 is 0 Å². The van der Waals surface area contributed by atoms with Crippen LogP contribution < -0.4 is 4.74 Å². The Kier molecular flexibility index (Phi) is 3.75. The van der Waals surface area contributed by atoms with E-state index in [-0.39, 0.29) is 0 Å². The Balaban J connectivity index is 1.85. The van der Waals surface area contributed by atoms with Crippen LogP contribution in [-0.2, 0) is 0 Å². The van der Waals surface area contributed by atoms with E-state index in [0.717, 1.165) is 18.7 Å². The molecule has 2 aromatic heterocycles. The summed E-state index contributed by atoms with van der Waals surface area (Å²) in [6, 6.07) is 3.71. The van der Waals surface area contributed by atoms with Gasteiger partial charge in [-0.3, -0.25) is 0 Å². The second kappa shape index (κ2) is 5.49. The topological polar surface area (TPSA) is 39.4 Å². The van der Waals surface area contributed by atoms with E-state index in [1.54, 1.807) is 10.7 Å². The Morgan fingerprint density at radius 1 is 1.31 bits per heavy atom. The fourth-order valence-electron chi connectivity index (χ4n) is 1.58. The van der Waals surface area contributed by atoms with Gasteiger partial charge in [-0.15, -0.1) is 5.10 Å². The molecule has 0 unspecified atom stereocenters. The predicted molar refractivity (Wildman–Crippen MR) is 62.6 cm³/mol. The molecule has 86 valence electrons. The van der Waals surface area contributed by atoms with Crippen LogP contribution in [0.5, 0.6) is 5.88 Å². The summed E-state index contributed by atoms with van der Waals surface area (Å²) in [6.07, 6.45) is 8.46. The van der Waals surface area contributed by atoms with Gasteiger partial charge in [0.15, 0.2) is 5.65 Å². The van der Waals surface area contributed by atoms with Crippen molar-refractivity contribution in [2.45, 2.75) is 32.6 Å². The van der Waals surface area contributed by atoms with E-state index in [1.165, 1.54) is 19.3 Å². The zero-order valence-electron chi connectivity index (χ0n) is 9.59. The van der Waals surface area contributed by atoms with Gasteiger partial charge < -0.3 is 4.74 Å². The van der Waals surface area contributed by atoms with Crippen molar-refractivity contribution in [1.29, 1.82) is 0 Å². The summed E-state index contributed by atoms with van der Waals surface area (Å²) in [4.78, 5) is 4.18. The molecule has 0 N–H and O–H groups in total. The largest absolute Gasteiger partial charge is 0.477 e. The highest BCUT2D eigenvalue weighted by atomic mass is 16.5. The first-order chi connectivity index (χ1) is 7.90. The molecule has 2 rings (SSSR count). The van der Waals surface area contributed by atoms with E-state index in [0.29, 0.717) is 5.88 Å². The Hall–Kier alpha value is -1.58. The van der Waals surface area contributed by atoms with Crippen molar-refractivity contribution in [3.05, 3.63) is 24.5 Å². The number of aromatic nitrogens is 3. The van der Waals surface area contributed by atoms with Gasteiger partial charge in [0, 0.05) is 18.5 Å². The summed E-state index contributed by atoms with van der Waals surface area (Å²) in [5.74, 6) is 0.662. The van der Waals surface area contributed by atoms with Crippen LogP contribution in [-0.4, -0.2) is 21.2 Å². The number of unbranched alkanes of at least 4 members (excludes halogenated alkanes) is 3. The summed E-state index contributed by atoms with van der Waals surface area (Å²) >= 11 is 0. The number of ether oxygens (including phenoxy) is 1. The highest BCUT2D eigenvalue weighted by Gasteiger charge is 2.01. The Morgan fingerprint density at radius 2 is 2.25 bits per heavy atom. The van der Waals surface area contributed by atoms with Gasteiger partial charge in [0.25, 0.3) is 0 Å². The number of rotatable bonds is 6. The summed E-state index contributed by atoms with van der Waals surface area (Å²) in [6.45, 7) is 2.94. The molecule has 0 aliphatic rings. The van der Waals surface area contributed by atoms with Gasteiger partial charge >= 0.3 is 0 Å². The summed E-state index contributed by atoms with van der Waals surface area (Å²) in [5, 5.41) is 4.26. The molecule has 0 spiro atoms. The van der Waals surface area contributed by atoms with Crippen LogP contribution in [0, 0.1) is 0 Å². The van der Waals surface area contributed by atoms with Crippen LogP contribution in [0.1, 0.15) is 32.6 Å². The molecule has 0 aromatic carbocycles. The van der Waals surface area contributed by atoms with Crippen LogP contribution in [0.15, 0.2) is 24.5 Å². The molecule has 2 aromatic rings. The summed E-state index contributed by atoms with van der Waals surface area (Å²) in [5.41, 5.74) is 0.825. The van der Waals surface area contributed by atoms with Crippen molar-refractivity contribution in [3.63, 3.8) is 0 Å². The minimum atomic E-state index is 0.662. The van der Waals surface area contributed by atoms with Gasteiger partial charge in [0.05, 0.1) is 6.61 Å². The van der Waals surface area contributed by atoms with Crippen LogP contribution in [0.4, 0.5) is 0 Å². The lowest BCUT2D eigenvalue weighted by molar-refractivity contribution is 0.292. The van der Waals surface area contributed by atoms with Crippen molar-refractivity contribution in [2.75, 3.05) is 6.61 Å². The van der Waals surface area contributed by atoms with E-state index in [4.69, 9.17) is 4.74 Å². The Bertz CT molecular complexity index is 406. The second-order valence-electron chi connectivity index (χ2n) is 3.81. The first-order valence-corrected chi connectivity index (χ1v) is 5.83. The van der Waals surface area contributed by atoms with Gasteiger partial charge in [0.2, 0.25) is 5.88 Å². The first kappa shape index (κ1) is 10.9. The van der Waals surface area contributed by atoms with E-state index in [2.05, 4.69) is 17.0 Å². The molecular weight excluding hydrogens is 202 g/mol. The third kappa shape index (κ3) is 2.72. The Labute approximate surface area is 95.3 Å². The van der Waals surface area contributed by atoms with Crippen LogP contribution in [0.25, 0.3) is 5.65 Å². The number of hydrogen-bond donors (Lipinski definition) is 0. The molecular formula is C12H17N3O. The van der Waals surface area contributed by atoms with Crippen LogP contribution in [0.3, 0.4) is 0 Å². The average Bonchev–Trinajstić information content (AvgIpc) is 2.71. The van der Waals surface area contributed by atoms with E-state index < -0.39 is 0 Å². The fourth-order valence-corrected chi connectivity index (χ4v) is 1.58. The summed E-state index contributed by atoms with van der Waals surface area (Å²) in [7, 11) is 0. The second-order valence-corrected chi connectivity index (χ2v) is 3.81. The third-order valence-electron chi connectivity index (χ3n) is 2.46. The predicted octanol–water partition coefficient (Wildman–Crippen LogP) is 2.69. The fraction of sp³-hybridized carbons (Fsp3) is 0.500. The molecule has 0 saturated carbocycles. The van der Waals surface area contributed by atoms with Gasteiger partial charge in [-0.2, -0.15) is 0 Å². The zero-order chi connectivity index (χ0) is 11.2. The van der Waals surface area contributed by atoms with Crippen molar-refractivity contribution in [3.8, 4) is 5.88 Å². The first-order valence-electron chi connectivity index (χ1n) is 5.83. The van der Waals surface area contributed by atoms with Gasteiger partial charge in [0.1, 0.15) is 0 Å². The molecule has 4 nitrogen and oxygen atoms in total. The highest BCUT2D eigenvalue weighted by Crippen LogP contribution is 2.11. The van der Waals surface area contributed by atoms with Crippen molar-refractivity contribution >= 4 is 5.65 Å². The maximum Gasteiger partial charge on any atom is 0.235 e. The lowest BCUT2D eigenvalue weighted by atomic mass is 10.2. The normalized spacial score (nSPS) is 10.8. The van der Waals surface area contributed by atoms with E-state index in [1.807, 2.05) is 18.3 Å². The molecule has 0 aliphatic heterocycles. The molecule has 0 bridgehead atoms. The van der Waals surface area contributed by atoms with Gasteiger partial charge in [-0.05, 0) is 12.5 Å². The van der Waals surface area contributed by atoms with Gasteiger partial charge in [-0.25, -0.2) is 9.50 Å².